The summed E-state index contributed by atoms with van der Waals surface area (Å²) in [4.78, 5) is 28.3. The van der Waals surface area contributed by atoms with Crippen LogP contribution in [-0.2, 0) is 6.54 Å². The molecule has 24 heavy (non-hydrogen) atoms. The minimum absolute atomic E-state index is 0.209. The second-order valence-corrected chi connectivity index (χ2v) is 6.26. The molecule has 1 aromatic heterocycles. The lowest BCUT2D eigenvalue weighted by atomic mass is 10.2. The first-order valence-corrected chi connectivity index (χ1v) is 8.11. The quantitative estimate of drug-likeness (QED) is 0.845. The van der Waals surface area contributed by atoms with Gasteiger partial charge in [-0.05, 0) is 35.7 Å². The number of halogens is 1. The first kappa shape index (κ1) is 17.9. The van der Waals surface area contributed by atoms with E-state index in [1.807, 2.05) is 26.0 Å². The highest BCUT2D eigenvalue weighted by atomic mass is 35.5. The molecule has 0 radical (unpaired) electrons. The van der Waals surface area contributed by atoms with Gasteiger partial charge < -0.3 is 10.6 Å². The van der Waals surface area contributed by atoms with Crippen molar-refractivity contribution < 1.29 is 9.59 Å². The third-order valence-corrected chi connectivity index (χ3v) is 3.50. The number of aromatic nitrogens is 1. The Kier molecular flexibility index (Phi) is 6.32. The third kappa shape index (κ3) is 5.35. The Balaban J connectivity index is 1.98. The van der Waals surface area contributed by atoms with Crippen LogP contribution in [0.5, 0.6) is 0 Å². The van der Waals surface area contributed by atoms with Crippen molar-refractivity contribution in [3.05, 3.63) is 64.4 Å². The molecule has 2 rings (SSSR count). The van der Waals surface area contributed by atoms with Crippen LogP contribution in [0.15, 0.2) is 42.5 Å². The van der Waals surface area contributed by atoms with E-state index in [0.717, 1.165) is 5.56 Å². The summed E-state index contributed by atoms with van der Waals surface area (Å²) in [6.45, 7) is 4.94. The summed E-state index contributed by atoms with van der Waals surface area (Å²) in [5.41, 5.74) is 1.37. The van der Waals surface area contributed by atoms with Gasteiger partial charge in [-0.15, -0.1) is 0 Å². The Morgan fingerprint density at radius 3 is 2.17 bits per heavy atom. The zero-order valence-electron chi connectivity index (χ0n) is 13.7. The highest BCUT2D eigenvalue weighted by Gasteiger charge is 2.12. The van der Waals surface area contributed by atoms with E-state index in [9.17, 15) is 9.59 Å². The average molecular weight is 346 g/mol. The number of hydrogen-bond acceptors (Lipinski definition) is 3. The number of nitrogens with zero attached hydrogens (tertiary/aromatic N) is 1. The molecule has 0 atom stereocenters. The van der Waals surface area contributed by atoms with Crippen LogP contribution in [0.3, 0.4) is 0 Å². The lowest BCUT2D eigenvalue weighted by molar-refractivity contribution is 0.0940. The van der Waals surface area contributed by atoms with E-state index >= 15 is 0 Å². The molecular weight excluding hydrogens is 326 g/mol. The van der Waals surface area contributed by atoms with Crippen molar-refractivity contribution in [2.45, 2.75) is 20.4 Å². The van der Waals surface area contributed by atoms with Crippen molar-refractivity contribution in [3.8, 4) is 0 Å². The molecule has 0 spiro atoms. The zero-order chi connectivity index (χ0) is 17.5. The molecule has 0 bridgehead atoms. The summed E-state index contributed by atoms with van der Waals surface area (Å²) < 4.78 is 0. The van der Waals surface area contributed by atoms with Crippen LogP contribution in [-0.4, -0.2) is 23.3 Å². The summed E-state index contributed by atoms with van der Waals surface area (Å²) in [5, 5.41) is 6.20. The number of carbonyl (C=O) groups is 2. The molecular formula is C18H20ClN3O2. The van der Waals surface area contributed by atoms with Crippen LogP contribution >= 0.6 is 11.6 Å². The van der Waals surface area contributed by atoms with Crippen LogP contribution in [0.1, 0.15) is 40.4 Å². The highest BCUT2D eigenvalue weighted by molar-refractivity contribution is 6.30. The Morgan fingerprint density at radius 1 is 1.00 bits per heavy atom. The normalized spacial score (nSPS) is 10.5. The number of pyridine rings is 1. The number of rotatable bonds is 6. The lowest BCUT2D eigenvalue weighted by Gasteiger charge is -2.08. The molecule has 0 aliphatic rings. The number of amides is 2. The maximum absolute atomic E-state index is 12.2. The number of benzene rings is 1. The van der Waals surface area contributed by atoms with E-state index < -0.39 is 0 Å². The molecule has 2 amide bonds. The molecule has 0 saturated carbocycles. The van der Waals surface area contributed by atoms with E-state index in [4.69, 9.17) is 11.6 Å². The number of carbonyl (C=O) groups excluding carboxylic acids is 2. The number of nitrogens with one attached hydrogen (secondary N) is 2. The van der Waals surface area contributed by atoms with Crippen LogP contribution in [0, 0.1) is 5.92 Å². The minimum Gasteiger partial charge on any atom is -0.350 e. The second-order valence-electron chi connectivity index (χ2n) is 5.82. The SMILES string of the molecule is CC(C)CNC(=O)c1cccc(C(=O)NCc2ccc(Cl)cc2)n1. The molecule has 1 aromatic carbocycles. The first-order valence-electron chi connectivity index (χ1n) is 7.73. The predicted octanol–water partition coefficient (Wildman–Crippen LogP) is 3.05. The van der Waals surface area contributed by atoms with Crippen molar-refractivity contribution in [1.82, 2.24) is 15.6 Å². The van der Waals surface area contributed by atoms with Gasteiger partial charge in [0.15, 0.2) is 0 Å². The second kappa shape index (κ2) is 8.45. The zero-order valence-corrected chi connectivity index (χ0v) is 14.4. The molecule has 0 unspecified atom stereocenters. The van der Waals surface area contributed by atoms with Crippen LogP contribution < -0.4 is 10.6 Å². The smallest absolute Gasteiger partial charge is 0.270 e. The van der Waals surface area contributed by atoms with Crippen LogP contribution in [0.2, 0.25) is 5.02 Å². The summed E-state index contributed by atoms with van der Waals surface area (Å²) in [6, 6.07) is 12.0. The topological polar surface area (TPSA) is 71.1 Å². The molecule has 0 aliphatic heterocycles. The average Bonchev–Trinajstić information content (AvgIpc) is 2.59. The fourth-order valence-corrected chi connectivity index (χ4v) is 2.08. The van der Waals surface area contributed by atoms with E-state index in [0.29, 0.717) is 24.0 Å². The van der Waals surface area contributed by atoms with E-state index in [1.165, 1.54) is 0 Å². The maximum atomic E-state index is 12.2. The Hall–Kier alpha value is -2.40. The summed E-state index contributed by atoms with van der Waals surface area (Å²) >= 11 is 5.83. The van der Waals surface area contributed by atoms with Gasteiger partial charge in [0.25, 0.3) is 11.8 Å². The molecule has 5 nitrogen and oxygen atoms in total. The van der Waals surface area contributed by atoms with Gasteiger partial charge in [0.2, 0.25) is 0 Å². The summed E-state index contributed by atoms with van der Waals surface area (Å²) in [6.07, 6.45) is 0. The molecule has 126 valence electrons. The van der Waals surface area contributed by atoms with Crippen LogP contribution in [0.4, 0.5) is 0 Å². The van der Waals surface area contributed by atoms with Gasteiger partial charge in [-0.3, -0.25) is 9.59 Å². The monoisotopic (exact) mass is 345 g/mol. The molecule has 2 aromatic rings. The molecule has 0 aliphatic carbocycles. The van der Waals surface area contributed by atoms with Gasteiger partial charge >= 0.3 is 0 Å². The van der Waals surface area contributed by atoms with E-state index in [2.05, 4.69) is 15.6 Å². The van der Waals surface area contributed by atoms with Crippen molar-refractivity contribution in [3.63, 3.8) is 0 Å². The van der Waals surface area contributed by atoms with Gasteiger partial charge in [-0.25, -0.2) is 4.98 Å². The van der Waals surface area contributed by atoms with E-state index in [-0.39, 0.29) is 23.2 Å². The Morgan fingerprint density at radius 2 is 1.58 bits per heavy atom. The summed E-state index contributed by atoms with van der Waals surface area (Å²) in [7, 11) is 0. The Bertz CT molecular complexity index is 714. The van der Waals surface area contributed by atoms with Gasteiger partial charge in [-0.1, -0.05) is 43.6 Å². The molecule has 1 heterocycles. The van der Waals surface area contributed by atoms with Crippen LogP contribution in [0.25, 0.3) is 0 Å². The highest BCUT2D eigenvalue weighted by Crippen LogP contribution is 2.09. The lowest BCUT2D eigenvalue weighted by Crippen LogP contribution is -2.29. The van der Waals surface area contributed by atoms with Gasteiger partial charge in [-0.2, -0.15) is 0 Å². The van der Waals surface area contributed by atoms with E-state index in [1.54, 1.807) is 30.3 Å². The molecule has 2 N–H and O–H groups in total. The van der Waals surface area contributed by atoms with Gasteiger partial charge in [0.05, 0.1) is 0 Å². The molecule has 0 saturated heterocycles. The molecule has 6 heteroatoms. The maximum Gasteiger partial charge on any atom is 0.270 e. The van der Waals surface area contributed by atoms with Crippen molar-refractivity contribution in [2.75, 3.05) is 6.54 Å². The first-order chi connectivity index (χ1) is 11.5. The number of hydrogen-bond donors (Lipinski definition) is 2. The predicted molar refractivity (Wildman–Crippen MR) is 94.0 cm³/mol. The standard InChI is InChI=1S/C18H20ClN3O2/c1-12(2)10-20-17(23)15-4-3-5-16(22-15)18(24)21-11-13-6-8-14(19)9-7-13/h3-9,12H,10-11H2,1-2H3,(H,20,23)(H,21,24). The fourth-order valence-electron chi connectivity index (χ4n) is 1.95. The Labute approximate surface area is 146 Å². The van der Waals surface area contributed by atoms with Crippen molar-refractivity contribution >= 4 is 23.4 Å². The van der Waals surface area contributed by atoms with Gasteiger partial charge in [0.1, 0.15) is 11.4 Å². The van der Waals surface area contributed by atoms with Crippen molar-refractivity contribution in [2.24, 2.45) is 5.92 Å². The largest absolute Gasteiger partial charge is 0.350 e. The third-order valence-electron chi connectivity index (χ3n) is 3.25. The van der Waals surface area contributed by atoms with Crippen molar-refractivity contribution in [1.29, 1.82) is 0 Å². The summed E-state index contributed by atoms with van der Waals surface area (Å²) in [5.74, 6) is -0.265. The fraction of sp³-hybridized carbons (Fsp3) is 0.278. The molecule has 0 fully saturated rings. The minimum atomic E-state index is -0.330. The van der Waals surface area contributed by atoms with Gasteiger partial charge in [0, 0.05) is 18.1 Å².